The summed E-state index contributed by atoms with van der Waals surface area (Å²) in [5, 5.41) is 5.61. The number of nitrogens with zero attached hydrogens (tertiary/aromatic N) is 1. The van der Waals surface area contributed by atoms with E-state index in [4.69, 9.17) is 4.74 Å². The first-order valence-corrected chi connectivity index (χ1v) is 10.4. The number of carbonyl (C=O) groups is 3. The Bertz CT molecular complexity index is 990. The summed E-state index contributed by atoms with van der Waals surface area (Å²) in [7, 11) is 0. The van der Waals surface area contributed by atoms with E-state index in [1.54, 1.807) is 36.4 Å². The first kappa shape index (κ1) is 21.0. The summed E-state index contributed by atoms with van der Waals surface area (Å²) >= 11 is 0. The summed E-state index contributed by atoms with van der Waals surface area (Å²) in [5.74, 6) is -2.15. The Morgan fingerprint density at radius 2 is 1.90 bits per heavy atom. The smallest absolute Gasteiger partial charge is 0.253 e. The second-order valence-corrected chi connectivity index (χ2v) is 7.74. The van der Waals surface area contributed by atoms with Crippen LogP contribution in [0.15, 0.2) is 48.5 Å². The number of hydrogen-bond acceptors (Lipinski definition) is 4. The highest BCUT2D eigenvalue weighted by Crippen LogP contribution is 2.28. The highest BCUT2D eigenvalue weighted by Gasteiger charge is 2.36. The lowest BCUT2D eigenvalue weighted by Crippen LogP contribution is -2.33. The number of benzene rings is 2. The van der Waals surface area contributed by atoms with E-state index < -0.39 is 11.7 Å². The van der Waals surface area contributed by atoms with E-state index in [9.17, 15) is 18.8 Å². The van der Waals surface area contributed by atoms with Crippen LogP contribution in [0.3, 0.4) is 0 Å². The zero-order valence-corrected chi connectivity index (χ0v) is 17.0. The van der Waals surface area contributed by atoms with Gasteiger partial charge in [-0.15, -0.1) is 0 Å². The van der Waals surface area contributed by atoms with Crippen molar-refractivity contribution in [2.75, 3.05) is 29.9 Å². The van der Waals surface area contributed by atoms with E-state index in [1.807, 2.05) is 0 Å². The van der Waals surface area contributed by atoms with Crippen LogP contribution in [0.25, 0.3) is 0 Å². The van der Waals surface area contributed by atoms with Gasteiger partial charge < -0.3 is 20.3 Å². The van der Waals surface area contributed by atoms with Gasteiger partial charge in [-0.1, -0.05) is 24.3 Å². The number of nitrogens with one attached hydrogen (secondary N) is 2. The molecule has 31 heavy (non-hydrogen) atoms. The summed E-state index contributed by atoms with van der Waals surface area (Å²) in [6, 6.07) is 12.7. The zero-order chi connectivity index (χ0) is 21.8. The van der Waals surface area contributed by atoms with Crippen molar-refractivity contribution < 1.29 is 23.5 Å². The molecule has 2 heterocycles. The molecule has 2 atom stereocenters. The molecule has 0 radical (unpaired) electrons. The van der Waals surface area contributed by atoms with Gasteiger partial charge in [0.05, 0.1) is 29.0 Å². The fourth-order valence-electron chi connectivity index (χ4n) is 3.92. The van der Waals surface area contributed by atoms with Crippen LogP contribution in [0.5, 0.6) is 0 Å². The largest absolute Gasteiger partial charge is 0.376 e. The molecule has 2 aliphatic rings. The molecule has 2 fully saturated rings. The minimum absolute atomic E-state index is 0.0135. The quantitative estimate of drug-likeness (QED) is 0.745. The van der Waals surface area contributed by atoms with Gasteiger partial charge in [-0.3, -0.25) is 14.4 Å². The predicted molar refractivity (Wildman–Crippen MR) is 113 cm³/mol. The summed E-state index contributed by atoms with van der Waals surface area (Å²) in [6.45, 7) is 1.20. The van der Waals surface area contributed by atoms with Crippen molar-refractivity contribution in [3.63, 3.8) is 0 Å². The number of ether oxygens (including phenoxy) is 1. The molecule has 2 saturated heterocycles. The lowest BCUT2D eigenvalue weighted by Gasteiger charge is -2.18. The molecule has 0 unspecified atom stereocenters. The molecule has 0 spiro atoms. The number of hydrogen-bond donors (Lipinski definition) is 2. The molecule has 4 rings (SSSR count). The topological polar surface area (TPSA) is 87.7 Å². The monoisotopic (exact) mass is 425 g/mol. The Morgan fingerprint density at radius 3 is 2.68 bits per heavy atom. The predicted octanol–water partition coefficient (Wildman–Crippen LogP) is 2.73. The van der Waals surface area contributed by atoms with Crippen LogP contribution in [0, 0.1) is 11.7 Å². The van der Waals surface area contributed by atoms with Crippen molar-refractivity contribution in [2.45, 2.75) is 25.4 Å². The maximum atomic E-state index is 14.1. The lowest BCUT2D eigenvalue weighted by molar-refractivity contribution is -0.122. The number of amides is 3. The SMILES string of the molecule is O=C(NC[C@H]1CCCO1)c1ccccc1NC(=O)[C@@H]1CC(=O)N(c2ccccc2F)C1. The molecular weight excluding hydrogens is 401 g/mol. The Kier molecular flexibility index (Phi) is 6.27. The zero-order valence-electron chi connectivity index (χ0n) is 17.0. The summed E-state index contributed by atoms with van der Waals surface area (Å²) in [5.41, 5.74) is 0.870. The molecule has 2 aromatic carbocycles. The van der Waals surface area contributed by atoms with Gasteiger partial charge in [-0.25, -0.2) is 4.39 Å². The standard InChI is InChI=1S/C23H24FN3O4/c24-18-8-2-4-10-20(18)27-14-15(12-21(27)28)22(29)26-19-9-3-1-7-17(19)23(30)25-13-16-6-5-11-31-16/h1-4,7-10,15-16H,5-6,11-14H2,(H,25,30)(H,26,29)/t15-,16-/m1/s1. The molecule has 7 nitrogen and oxygen atoms in total. The molecule has 0 aromatic heterocycles. The van der Waals surface area contributed by atoms with Crippen LogP contribution in [-0.4, -0.2) is 43.5 Å². The number of para-hydroxylation sites is 2. The van der Waals surface area contributed by atoms with Crippen molar-refractivity contribution in [3.05, 3.63) is 59.9 Å². The van der Waals surface area contributed by atoms with Crippen molar-refractivity contribution in [3.8, 4) is 0 Å². The van der Waals surface area contributed by atoms with Crippen molar-refractivity contribution >= 4 is 29.1 Å². The fraction of sp³-hybridized carbons (Fsp3) is 0.348. The Balaban J connectivity index is 1.41. The number of rotatable bonds is 6. The molecule has 0 saturated carbocycles. The molecule has 2 aromatic rings. The summed E-state index contributed by atoms with van der Waals surface area (Å²) < 4.78 is 19.6. The van der Waals surface area contributed by atoms with Gasteiger partial charge in [0.25, 0.3) is 5.91 Å². The van der Waals surface area contributed by atoms with Crippen LogP contribution in [-0.2, 0) is 14.3 Å². The minimum atomic E-state index is -0.643. The van der Waals surface area contributed by atoms with E-state index in [0.29, 0.717) is 24.4 Å². The number of anilines is 2. The number of carbonyl (C=O) groups excluding carboxylic acids is 3. The molecule has 3 amide bonds. The second kappa shape index (κ2) is 9.26. The highest BCUT2D eigenvalue weighted by molar-refractivity contribution is 6.07. The highest BCUT2D eigenvalue weighted by atomic mass is 19.1. The Hall–Kier alpha value is -3.26. The van der Waals surface area contributed by atoms with Gasteiger partial charge in [-0.05, 0) is 37.1 Å². The molecule has 162 valence electrons. The van der Waals surface area contributed by atoms with E-state index in [2.05, 4.69) is 10.6 Å². The second-order valence-electron chi connectivity index (χ2n) is 7.74. The van der Waals surface area contributed by atoms with Gasteiger partial charge in [0.15, 0.2) is 0 Å². The molecule has 0 aliphatic carbocycles. The molecule has 8 heteroatoms. The maximum Gasteiger partial charge on any atom is 0.253 e. The van der Waals surface area contributed by atoms with Crippen LogP contribution >= 0.6 is 0 Å². The fourth-order valence-corrected chi connectivity index (χ4v) is 3.92. The minimum Gasteiger partial charge on any atom is -0.376 e. The van der Waals surface area contributed by atoms with Gasteiger partial charge in [-0.2, -0.15) is 0 Å². The molecule has 2 aliphatic heterocycles. The van der Waals surface area contributed by atoms with Crippen LogP contribution in [0.4, 0.5) is 15.8 Å². The van der Waals surface area contributed by atoms with Crippen LogP contribution in [0.1, 0.15) is 29.6 Å². The third-order valence-electron chi connectivity index (χ3n) is 5.58. The average Bonchev–Trinajstić information content (AvgIpc) is 3.42. The Labute approximate surface area is 179 Å². The first-order chi connectivity index (χ1) is 15.0. The van der Waals surface area contributed by atoms with Gasteiger partial charge in [0.1, 0.15) is 5.82 Å². The third-order valence-corrected chi connectivity index (χ3v) is 5.58. The first-order valence-electron chi connectivity index (χ1n) is 10.4. The van der Waals surface area contributed by atoms with Gasteiger partial charge in [0, 0.05) is 26.1 Å². The average molecular weight is 425 g/mol. The summed E-state index contributed by atoms with van der Waals surface area (Å²) in [4.78, 5) is 39.1. The summed E-state index contributed by atoms with van der Waals surface area (Å²) in [6.07, 6.45) is 1.89. The third kappa shape index (κ3) is 4.74. The molecular formula is C23H24FN3O4. The Morgan fingerprint density at radius 1 is 1.13 bits per heavy atom. The number of halogens is 1. The van der Waals surface area contributed by atoms with E-state index in [1.165, 1.54) is 17.0 Å². The molecule has 2 N–H and O–H groups in total. The lowest BCUT2D eigenvalue weighted by atomic mass is 10.1. The van der Waals surface area contributed by atoms with Crippen molar-refractivity contribution in [1.82, 2.24) is 5.32 Å². The van der Waals surface area contributed by atoms with Gasteiger partial charge >= 0.3 is 0 Å². The van der Waals surface area contributed by atoms with E-state index in [0.717, 1.165) is 12.8 Å². The van der Waals surface area contributed by atoms with E-state index >= 15 is 0 Å². The van der Waals surface area contributed by atoms with Crippen LogP contribution < -0.4 is 15.5 Å². The van der Waals surface area contributed by atoms with E-state index in [-0.39, 0.29) is 42.5 Å². The van der Waals surface area contributed by atoms with Crippen molar-refractivity contribution in [1.29, 1.82) is 0 Å². The van der Waals surface area contributed by atoms with Crippen LogP contribution in [0.2, 0.25) is 0 Å². The molecule has 0 bridgehead atoms. The van der Waals surface area contributed by atoms with Gasteiger partial charge in [0.2, 0.25) is 11.8 Å². The van der Waals surface area contributed by atoms with Crippen molar-refractivity contribution in [2.24, 2.45) is 5.92 Å². The normalized spacial score (nSPS) is 20.7. The maximum absolute atomic E-state index is 14.1.